The van der Waals surface area contributed by atoms with E-state index in [1.54, 1.807) is 12.5 Å². The van der Waals surface area contributed by atoms with Gasteiger partial charge in [0.1, 0.15) is 17.8 Å². The van der Waals surface area contributed by atoms with Crippen LogP contribution in [-0.4, -0.2) is 25.7 Å². The number of aromatic nitrogens is 4. The largest absolute Gasteiger partial charge is 0.363 e. The second-order valence-corrected chi connectivity index (χ2v) is 9.18. The lowest BCUT2D eigenvalue weighted by atomic mass is 9.89. The van der Waals surface area contributed by atoms with E-state index in [-0.39, 0.29) is 17.2 Å². The van der Waals surface area contributed by atoms with Gasteiger partial charge in [-0.2, -0.15) is 0 Å². The Bertz CT molecular complexity index is 1250. The van der Waals surface area contributed by atoms with Gasteiger partial charge in [0.25, 0.3) is 0 Å². The minimum Gasteiger partial charge on any atom is -0.363 e. The number of carbonyl (C=O) groups excluding carboxylic acids is 1. The van der Waals surface area contributed by atoms with E-state index in [1.807, 2.05) is 57.2 Å². The zero-order chi connectivity index (χ0) is 22.7. The molecule has 0 spiro atoms. The number of rotatable bonds is 6. The molecule has 4 aromatic rings. The fraction of sp³-hybridized carbons (Fsp3) is 0.269. The smallest absolute Gasteiger partial charge is 0.183 e. The van der Waals surface area contributed by atoms with Crippen LogP contribution in [0.15, 0.2) is 67.3 Å². The molecule has 1 N–H and O–H groups in total. The van der Waals surface area contributed by atoms with Gasteiger partial charge in [-0.3, -0.25) is 9.78 Å². The molecule has 0 aliphatic carbocycles. The Morgan fingerprint density at radius 2 is 1.81 bits per heavy atom. The van der Waals surface area contributed by atoms with E-state index in [0.717, 1.165) is 22.3 Å². The van der Waals surface area contributed by atoms with Crippen LogP contribution in [0.25, 0.3) is 22.2 Å². The van der Waals surface area contributed by atoms with E-state index in [4.69, 9.17) is 0 Å². The molecule has 0 radical (unpaired) electrons. The first-order valence-electron chi connectivity index (χ1n) is 10.7. The predicted octanol–water partition coefficient (Wildman–Crippen LogP) is 5.88. The highest BCUT2D eigenvalue weighted by Crippen LogP contribution is 2.28. The van der Waals surface area contributed by atoms with Crippen LogP contribution in [0.3, 0.4) is 0 Å². The van der Waals surface area contributed by atoms with Crippen molar-refractivity contribution in [3.8, 4) is 11.3 Å². The highest BCUT2D eigenvalue weighted by atomic mass is 16.1. The van der Waals surface area contributed by atoms with Crippen molar-refractivity contribution in [3.63, 3.8) is 0 Å². The number of carbonyl (C=O) groups is 1. The number of nitrogens with one attached hydrogen (secondary N) is 1. The van der Waals surface area contributed by atoms with Crippen LogP contribution >= 0.6 is 0 Å². The van der Waals surface area contributed by atoms with Crippen LogP contribution in [0.1, 0.15) is 56.2 Å². The Labute approximate surface area is 188 Å². The molecule has 0 fully saturated rings. The monoisotopic (exact) mass is 425 g/mol. The molecule has 32 heavy (non-hydrogen) atoms. The molecule has 4 rings (SSSR count). The first kappa shape index (κ1) is 21.6. The first-order valence-corrected chi connectivity index (χ1v) is 10.7. The Morgan fingerprint density at radius 3 is 2.56 bits per heavy atom. The molecule has 2 heterocycles. The second-order valence-electron chi connectivity index (χ2n) is 9.18. The van der Waals surface area contributed by atoms with Gasteiger partial charge in [0, 0.05) is 23.4 Å². The zero-order valence-corrected chi connectivity index (χ0v) is 18.8. The quantitative estimate of drug-likeness (QED) is 0.389. The van der Waals surface area contributed by atoms with Gasteiger partial charge in [-0.15, -0.1) is 0 Å². The fourth-order valence-electron chi connectivity index (χ4n) is 3.57. The molecule has 2 aromatic carbocycles. The highest BCUT2D eigenvalue weighted by molar-refractivity contribution is 5.95. The van der Waals surface area contributed by atoms with E-state index in [0.29, 0.717) is 17.8 Å². The number of nitrogens with zero attached hydrogens (tertiary/aromatic N) is 4. The summed E-state index contributed by atoms with van der Waals surface area (Å²) in [5.41, 5.74) is 3.80. The third kappa shape index (κ3) is 4.97. The van der Waals surface area contributed by atoms with E-state index in [9.17, 15) is 4.79 Å². The standard InChI is InChI=1S/C26H27N5O/c1-17(18-8-6-5-7-9-18)30-25-20-12-19(10-11-21(20)28-16-29-25)22-14-27-15-23(31-22)24(32)13-26(2,3)4/h5-12,14-17H,13H2,1-4H3,(H,28,29,30)/t17-/m1/s1. The third-order valence-electron chi connectivity index (χ3n) is 5.20. The van der Waals surface area contributed by atoms with Crippen LogP contribution < -0.4 is 5.32 Å². The molecule has 0 aliphatic rings. The van der Waals surface area contributed by atoms with Crippen molar-refractivity contribution in [1.82, 2.24) is 19.9 Å². The van der Waals surface area contributed by atoms with Crippen molar-refractivity contribution in [1.29, 1.82) is 0 Å². The fourth-order valence-corrected chi connectivity index (χ4v) is 3.57. The van der Waals surface area contributed by atoms with Gasteiger partial charge in [-0.05, 0) is 30.0 Å². The summed E-state index contributed by atoms with van der Waals surface area (Å²) in [6, 6.07) is 16.2. The van der Waals surface area contributed by atoms with Crippen molar-refractivity contribution in [2.45, 2.75) is 40.2 Å². The van der Waals surface area contributed by atoms with E-state index < -0.39 is 0 Å². The normalized spacial score (nSPS) is 12.5. The topological polar surface area (TPSA) is 80.7 Å². The lowest BCUT2D eigenvalue weighted by Gasteiger charge is -2.17. The number of anilines is 1. The van der Waals surface area contributed by atoms with Crippen LogP contribution in [-0.2, 0) is 0 Å². The summed E-state index contributed by atoms with van der Waals surface area (Å²) >= 11 is 0. The Hall–Kier alpha value is -3.67. The van der Waals surface area contributed by atoms with Crippen LogP contribution in [0.2, 0.25) is 0 Å². The lowest BCUT2D eigenvalue weighted by Crippen LogP contribution is -2.14. The molecule has 6 heteroatoms. The summed E-state index contributed by atoms with van der Waals surface area (Å²) in [4.78, 5) is 30.4. The minimum absolute atomic E-state index is 0.00462. The lowest BCUT2D eigenvalue weighted by molar-refractivity contribution is 0.0934. The molecule has 2 aromatic heterocycles. The maximum absolute atomic E-state index is 12.6. The molecule has 1 atom stereocenters. The summed E-state index contributed by atoms with van der Waals surface area (Å²) in [6.45, 7) is 8.21. The number of ketones is 1. The molecule has 0 amide bonds. The maximum Gasteiger partial charge on any atom is 0.183 e. The Kier molecular flexibility index (Phi) is 5.95. The Morgan fingerprint density at radius 1 is 1.03 bits per heavy atom. The van der Waals surface area contributed by atoms with E-state index >= 15 is 0 Å². The zero-order valence-electron chi connectivity index (χ0n) is 18.8. The minimum atomic E-state index is -0.106. The number of hydrogen-bond acceptors (Lipinski definition) is 6. The van der Waals surface area contributed by atoms with Gasteiger partial charge in [-0.25, -0.2) is 15.0 Å². The van der Waals surface area contributed by atoms with Gasteiger partial charge in [-0.1, -0.05) is 57.2 Å². The SMILES string of the molecule is C[C@@H](Nc1ncnc2ccc(-c3cncc(C(=O)CC(C)(C)C)n3)cc12)c1ccccc1. The van der Waals surface area contributed by atoms with Crippen LogP contribution in [0.4, 0.5) is 5.82 Å². The van der Waals surface area contributed by atoms with Crippen LogP contribution in [0, 0.1) is 5.41 Å². The molecule has 162 valence electrons. The second kappa shape index (κ2) is 8.83. The van der Waals surface area contributed by atoms with Crippen molar-refractivity contribution >= 4 is 22.5 Å². The molecule has 0 unspecified atom stereocenters. The number of fused-ring (bicyclic) bond motifs is 1. The molecule has 0 saturated carbocycles. The van der Waals surface area contributed by atoms with Gasteiger partial charge < -0.3 is 5.32 Å². The average molecular weight is 426 g/mol. The first-order chi connectivity index (χ1) is 15.3. The average Bonchev–Trinajstić information content (AvgIpc) is 2.78. The predicted molar refractivity (Wildman–Crippen MR) is 127 cm³/mol. The number of benzene rings is 2. The van der Waals surface area contributed by atoms with Crippen molar-refractivity contribution in [2.75, 3.05) is 5.32 Å². The molecule has 0 saturated heterocycles. The molecule has 0 aliphatic heterocycles. The Balaban J connectivity index is 1.67. The molecule has 0 bridgehead atoms. The molecular formula is C26H27N5O. The van der Waals surface area contributed by atoms with Crippen molar-refractivity contribution < 1.29 is 4.79 Å². The summed E-state index contributed by atoms with van der Waals surface area (Å²) in [5.74, 6) is 0.746. The van der Waals surface area contributed by atoms with Crippen molar-refractivity contribution in [2.24, 2.45) is 5.41 Å². The summed E-state index contributed by atoms with van der Waals surface area (Å²) in [6.07, 6.45) is 5.20. The summed E-state index contributed by atoms with van der Waals surface area (Å²) < 4.78 is 0. The number of Topliss-reactive ketones (excluding diaryl/α,β-unsaturated/α-hetero) is 1. The highest BCUT2D eigenvalue weighted by Gasteiger charge is 2.19. The number of hydrogen-bond donors (Lipinski definition) is 1. The van der Waals surface area contributed by atoms with E-state index in [1.165, 1.54) is 11.8 Å². The van der Waals surface area contributed by atoms with Gasteiger partial charge in [0.05, 0.1) is 23.6 Å². The van der Waals surface area contributed by atoms with Crippen molar-refractivity contribution in [3.05, 3.63) is 78.5 Å². The maximum atomic E-state index is 12.6. The van der Waals surface area contributed by atoms with E-state index in [2.05, 4.69) is 44.3 Å². The van der Waals surface area contributed by atoms with Crippen LogP contribution in [0.5, 0.6) is 0 Å². The summed E-state index contributed by atoms with van der Waals surface area (Å²) in [7, 11) is 0. The summed E-state index contributed by atoms with van der Waals surface area (Å²) in [5, 5.41) is 4.38. The van der Waals surface area contributed by atoms with Gasteiger partial charge in [0.15, 0.2) is 5.78 Å². The molecular weight excluding hydrogens is 398 g/mol. The van der Waals surface area contributed by atoms with Gasteiger partial charge in [0.2, 0.25) is 0 Å². The third-order valence-corrected chi connectivity index (χ3v) is 5.20. The van der Waals surface area contributed by atoms with Gasteiger partial charge >= 0.3 is 0 Å². The molecule has 6 nitrogen and oxygen atoms in total.